The summed E-state index contributed by atoms with van der Waals surface area (Å²) >= 11 is 0. The van der Waals surface area contributed by atoms with Crippen LogP contribution in [0.15, 0.2) is 71.5 Å². The van der Waals surface area contributed by atoms with Crippen LogP contribution in [0.3, 0.4) is 0 Å². The van der Waals surface area contributed by atoms with Crippen LogP contribution in [0, 0.1) is 6.92 Å². The number of ether oxygens (including phenoxy) is 2. The second kappa shape index (κ2) is 8.28. The first-order valence-electron chi connectivity index (χ1n) is 11.2. The zero-order valence-corrected chi connectivity index (χ0v) is 18.9. The van der Waals surface area contributed by atoms with E-state index in [9.17, 15) is 9.59 Å². The summed E-state index contributed by atoms with van der Waals surface area (Å²) < 4.78 is 14.3. The molecule has 1 aliphatic heterocycles. The lowest BCUT2D eigenvalue weighted by molar-refractivity contribution is -0.116. The third-order valence-corrected chi connectivity index (χ3v) is 5.95. The van der Waals surface area contributed by atoms with Gasteiger partial charge in [0.05, 0.1) is 11.0 Å². The molecule has 0 atom stereocenters. The van der Waals surface area contributed by atoms with Gasteiger partial charge in [-0.25, -0.2) is 0 Å². The van der Waals surface area contributed by atoms with Gasteiger partial charge in [0, 0.05) is 17.3 Å². The number of amides is 1. The average Bonchev–Trinajstić information content (AvgIpc) is 3.32. The smallest absolute Gasteiger partial charge is 0.297 e. The highest BCUT2D eigenvalue weighted by Gasteiger charge is 2.19. The molecule has 3 aromatic carbocycles. The minimum absolute atomic E-state index is 0.159. The average molecular weight is 467 g/mol. The van der Waals surface area contributed by atoms with Gasteiger partial charge in [0.15, 0.2) is 17.3 Å². The zero-order chi connectivity index (χ0) is 23.9. The minimum atomic E-state index is -0.396. The molecule has 9 nitrogen and oxygen atoms in total. The Bertz CT molecular complexity index is 1650. The number of carbonyl (C=O) groups is 1. The molecule has 0 saturated carbocycles. The predicted molar refractivity (Wildman–Crippen MR) is 131 cm³/mol. The molecule has 2 aromatic heterocycles. The maximum Gasteiger partial charge on any atom is 0.297 e. The molecule has 0 saturated heterocycles. The quantitative estimate of drug-likeness (QED) is 0.435. The molecule has 1 aliphatic rings. The Kier molecular flexibility index (Phi) is 4.95. The Hall–Kier alpha value is -4.66. The third kappa shape index (κ3) is 3.67. The SMILES string of the molecule is Cc1ccc(-c2nnc3c(=O)n(CC(=O)Nc4ccc5c(c4)OCCO5)c4ccccc4n23)cc1. The third-order valence-electron chi connectivity index (χ3n) is 5.95. The number of nitrogens with one attached hydrogen (secondary N) is 1. The molecule has 1 N–H and O–H groups in total. The first-order valence-corrected chi connectivity index (χ1v) is 11.2. The molecule has 0 fully saturated rings. The summed E-state index contributed by atoms with van der Waals surface area (Å²) in [6, 6.07) is 20.5. The van der Waals surface area contributed by atoms with E-state index < -0.39 is 5.56 Å². The van der Waals surface area contributed by atoms with Crippen molar-refractivity contribution in [3.63, 3.8) is 0 Å². The van der Waals surface area contributed by atoms with Crippen molar-refractivity contribution in [1.82, 2.24) is 19.2 Å². The highest BCUT2D eigenvalue weighted by atomic mass is 16.6. The van der Waals surface area contributed by atoms with E-state index in [2.05, 4.69) is 15.5 Å². The lowest BCUT2D eigenvalue weighted by atomic mass is 10.1. The Balaban J connectivity index is 1.39. The molecular formula is C26H21N5O4. The molecule has 3 heterocycles. The number of anilines is 1. The number of hydrogen-bond donors (Lipinski definition) is 1. The highest BCUT2D eigenvalue weighted by molar-refractivity contribution is 5.92. The Morgan fingerprint density at radius 3 is 2.49 bits per heavy atom. The number of hydrogen-bond acceptors (Lipinski definition) is 6. The van der Waals surface area contributed by atoms with Gasteiger partial charge in [0.25, 0.3) is 5.56 Å². The van der Waals surface area contributed by atoms with Crippen molar-refractivity contribution in [2.75, 3.05) is 18.5 Å². The normalized spacial score (nSPS) is 12.7. The molecule has 1 amide bonds. The van der Waals surface area contributed by atoms with E-state index in [0.29, 0.717) is 41.7 Å². The van der Waals surface area contributed by atoms with Crippen LogP contribution in [0.1, 0.15) is 5.56 Å². The lowest BCUT2D eigenvalue weighted by Gasteiger charge is -2.19. The Morgan fingerprint density at radius 1 is 0.943 bits per heavy atom. The van der Waals surface area contributed by atoms with Gasteiger partial charge in [0.1, 0.15) is 19.8 Å². The number of nitrogens with zero attached hydrogens (tertiary/aromatic N) is 4. The number of carbonyl (C=O) groups excluding carboxylic acids is 1. The van der Waals surface area contributed by atoms with Crippen LogP contribution >= 0.6 is 0 Å². The van der Waals surface area contributed by atoms with Crippen LogP contribution in [0.5, 0.6) is 11.5 Å². The van der Waals surface area contributed by atoms with Crippen molar-refractivity contribution in [2.45, 2.75) is 13.5 Å². The molecule has 6 rings (SSSR count). The standard InChI is InChI=1S/C26H21N5O4/c1-16-6-8-17(9-7-16)24-28-29-25-26(33)30(19-4-2-3-5-20(19)31(24)25)15-23(32)27-18-10-11-21-22(14-18)35-13-12-34-21/h2-11,14H,12-13,15H2,1H3,(H,27,32). The summed E-state index contributed by atoms with van der Waals surface area (Å²) in [4.78, 5) is 26.4. The van der Waals surface area contributed by atoms with E-state index in [-0.39, 0.29) is 18.1 Å². The van der Waals surface area contributed by atoms with Crippen LogP contribution in [-0.2, 0) is 11.3 Å². The van der Waals surface area contributed by atoms with E-state index in [4.69, 9.17) is 9.47 Å². The van der Waals surface area contributed by atoms with Gasteiger partial charge in [-0.2, -0.15) is 0 Å². The molecule has 5 aromatic rings. The largest absolute Gasteiger partial charge is 0.486 e. The molecule has 0 unspecified atom stereocenters. The fourth-order valence-electron chi connectivity index (χ4n) is 4.27. The number of fused-ring (bicyclic) bond motifs is 4. The molecular weight excluding hydrogens is 446 g/mol. The maximum atomic E-state index is 13.4. The number of aryl methyl sites for hydroxylation is 1. The molecule has 0 spiro atoms. The zero-order valence-electron chi connectivity index (χ0n) is 18.9. The molecule has 0 bridgehead atoms. The lowest BCUT2D eigenvalue weighted by Crippen LogP contribution is -2.29. The van der Waals surface area contributed by atoms with Crippen molar-refractivity contribution < 1.29 is 14.3 Å². The number of benzene rings is 3. The van der Waals surface area contributed by atoms with Crippen LogP contribution in [0.2, 0.25) is 0 Å². The topological polar surface area (TPSA) is 99.8 Å². The Morgan fingerprint density at radius 2 is 1.69 bits per heavy atom. The van der Waals surface area contributed by atoms with Crippen LogP contribution in [0.25, 0.3) is 28.1 Å². The van der Waals surface area contributed by atoms with Crippen LogP contribution in [-0.4, -0.2) is 38.3 Å². The van der Waals surface area contributed by atoms with Crippen molar-refractivity contribution in [1.29, 1.82) is 0 Å². The van der Waals surface area contributed by atoms with E-state index >= 15 is 0 Å². The summed E-state index contributed by atoms with van der Waals surface area (Å²) in [6.07, 6.45) is 0. The molecule has 35 heavy (non-hydrogen) atoms. The van der Waals surface area contributed by atoms with Gasteiger partial charge >= 0.3 is 0 Å². The van der Waals surface area contributed by atoms with E-state index in [1.165, 1.54) is 4.57 Å². The first-order chi connectivity index (χ1) is 17.1. The first kappa shape index (κ1) is 20.9. The number of para-hydroxylation sites is 2. The van der Waals surface area contributed by atoms with Gasteiger partial charge in [-0.05, 0) is 31.2 Å². The van der Waals surface area contributed by atoms with Crippen LogP contribution < -0.4 is 20.3 Å². The van der Waals surface area contributed by atoms with Gasteiger partial charge < -0.3 is 14.8 Å². The fourth-order valence-corrected chi connectivity index (χ4v) is 4.27. The summed E-state index contributed by atoms with van der Waals surface area (Å²) in [5, 5.41) is 11.3. The highest BCUT2D eigenvalue weighted by Crippen LogP contribution is 2.32. The van der Waals surface area contributed by atoms with Crippen molar-refractivity contribution >= 4 is 28.3 Å². The van der Waals surface area contributed by atoms with Crippen molar-refractivity contribution in [3.05, 3.63) is 82.6 Å². The monoisotopic (exact) mass is 467 g/mol. The minimum Gasteiger partial charge on any atom is -0.486 e. The van der Waals surface area contributed by atoms with Gasteiger partial charge in [-0.15, -0.1) is 10.2 Å². The van der Waals surface area contributed by atoms with E-state index in [1.807, 2.05) is 55.5 Å². The summed E-state index contributed by atoms with van der Waals surface area (Å²) in [6.45, 7) is 2.77. The van der Waals surface area contributed by atoms with Gasteiger partial charge in [-0.3, -0.25) is 18.6 Å². The summed E-state index contributed by atoms with van der Waals surface area (Å²) in [5.74, 6) is 1.43. The fraction of sp³-hybridized carbons (Fsp3) is 0.154. The molecule has 174 valence electrons. The Labute approximate surface area is 199 Å². The summed E-state index contributed by atoms with van der Waals surface area (Å²) in [5.41, 5.74) is 3.63. The van der Waals surface area contributed by atoms with E-state index in [1.54, 1.807) is 22.6 Å². The molecule has 0 radical (unpaired) electrons. The van der Waals surface area contributed by atoms with Gasteiger partial charge in [0.2, 0.25) is 11.6 Å². The van der Waals surface area contributed by atoms with Crippen LogP contribution in [0.4, 0.5) is 5.69 Å². The van der Waals surface area contributed by atoms with Gasteiger partial charge in [-0.1, -0.05) is 42.0 Å². The molecule has 9 heteroatoms. The number of rotatable bonds is 4. The predicted octanol–water partition coefficient (Wildman–Crippen LogP) is 3.43. The second-order valence-electron chi connectivity index (χ2n) is 8.34. The van der Waals surface area contributed by atoms with E-state index in [0.717, 1.165) is 16.6 Å². The van der Waals surface area contributed by atoms with Crippen molar-refractivity contribution in [2.24, 2.45) is 0 Å². The second-order valence-corrected chi connectivity index (χ2v) is 8.34. The maximum absolute atomic E-state index is 13.4. The number of aromatic nitrogens is 4. The summed E-state index contributed by atoms with van der Waals surface area (Å²) in [7, 11) is 0. The molecule has 0 aliphatic carbocycles. The van der Waals surface area contributed by atoms with Crippen molar-refractivity contribution in [3.8, 4) is 22.9 Å².